The summed E-state index contributed by atoms with van der Waals surface area (Å²) in [5.41, 5.74) is 11.1. The molecule has 1 rings (SSSR count). The first-order valence-corrected chi connectivity index (χ1v) is 4.32. The van der Waals surface area contributed by atoms with Crippen LogP contribution in [0.3, 0.4) is 0 Å². The summed E-state index contributed by atoms with van der Waals surface area (Å²) in [6.45, 7) is -0.0760. The van der Waals surface area contributed by atoms with Crippen LogP contribution < -0.4 is 11.5 Å². The zero-order valence-corrected chi connectivity index (χ0v) is 7.96. The van der Waals surface area contributed by atoms with Gasteiger partial charge in [0.25, 0.3) is 0 Å². The highest BCUT2D eigenvalue weighted by molar-refractivity contribution is 5.49. The normalized spacial score (nSPS) is 14.3. The number of pyridine rings is 1. The van der Waals surface area contributed by atoms with E-state index < -0.39 is 12.2 Å². The lowest BCUT2D eigenvalue weighted by Crippen LogP contribution is -2.27. The number of aliphatic hydroxyl groups is 2. The van der Waals surface area contributed by atoms with Crippen LogP contribution in [0.15, 0.2) is 12.3 Å². The molecule has 1 heterocycles. The highest BCUT2D eigenvalue weighted by atomic mass is 16.3. The van der Waals surface area contributed by atoms with Crippen LogP contribution in [0.1, 0.15) is 17.2 Å². The van der Waals surface area contributed by atoms with Gasteiger partial charge in [0.15, 0.2) is 0 Å². The van der Waals surface area contributed by atoms with Crippen molar-refractivity contribution in [1.29, 1.82) is 5.26 Å². The van der Waals surface area contributed by atoms with E-state index in [2.05, 4.69) is 4.98 Å². The Morgan fingerprint density at radius 3 is 2.73 bits per heavy atom. The van der Waals surface area contributed by atoms with Crippen molar-refractivity contribution in [2.75, 3.05) is 12.3 Å². The van der Waals surface area contributed by atoms with Crippen LogP contribution >= 0.6 is 0 Å². The molecule has 2 atom stereocenters. The second-order valence-corrected chi connectivity index (χ2v) is 3.06. The number of nitrogens with zero attached hydrogens (tertiary/aromatic N) is 2. The molecular formula is C9H12N4O2. The Morgan fingerprint density at radius 2 is 2.20 bits per heavy atom. The van der Waals surface area contributed by atoms with Crippen LogP contribution in [0.25, 0.3) is 0 Å². The molecule has 0 aromatic carbocycles. The molecule has 6 nitrogen and oxygen atoms in total. The summed E-state index contributed by atoms with van der Waals surface area (Å²) in [6.07, 6.45) is -0.933. The van der Waals surface area contributed by atoms with E-state index in [4.69, 9.17) is 16.7 Å². The maximum atomic E-state index is 9.58. The fraction of sp³-hybridized carbons (Fsp3) is 0.333. The van der Waals surface area contributed by atoms with Crippen LogP contribution in [-0.2, 0) is 0 Å². The van der Waals surface area contributed by atoms with Crippen molar-refractivity contribution in [3.8, 4) is 6.07 Å². The zero-order chi connectivity index (χ0) is 11.4. The molecular weight excluding hydrogens is 196 g/mol. The highest BCUT2D eigenvalue weighted by Gasteiger charge is 2.18. The second-order valence-electron chi connectivity index (χ2n) is 3.06. The van der Waals surface area contributed by atoms with Gasteiger partial charge in [-0.1, -0.05) is 0 Å². The minimum Gasteiger partial charge on any atom is -0.389 e. The molecule has 0 aliphatic heterocycles. The van der Waals surface area contributed by atoms with Crippen molar-refractivity contribution in [3.05, 3.63) is 23.4 Å². The van der Waals surface area contributed by atoms with Crippen LogP contribution in [-0.4, -0.2) is 27.8 Å². The first kappa shape index (κ1) is 11.4. The molecule has 6 N–H and O–H groups in total. The number of aliphatic hydroxyl groups excluding tert-OH is 2. The van der Waals surface area contributed by atoms with Crippen molar-refractivity contribution in [2.45, 2.75) is 12.2 Å². The van der Waals surface area contributed by atoms with Crippen LogP contribution in [0.2, 0.25) is 0 Å². The molecule has 0 bridgehead atoms. The molecule has 0 saturated heterocycles. The van der Waals surface area contributed by atoms with Gasteiger partial charge in [-0.3, -0.25) is 0 Å². The number of rotatable bonds is 3. The van der Waals surface area contributed by atoms with E-state index in [-0.39, 0.29) is 17.9 Å². The molecule has 80 valence electrons. The molecule has 2 unspecified atom stereocenters. The third-order valence-corrected chi connectivity index (χ3v) is 2.01. The monoisotopic (exact) mass is 208 g/mol. The average molecular weight is 208 g/mol. The van der Waals surface area contributed by atoms with E-state index in [1.165, 1.54) is 12.3 Å². The molecule has 15 heavy (non-hydrogen) atoms. The van der Waals surface area contributed by atoms with Crippen molar-refractivity contribution in [3.63, 3.8) is 0 Å². The third kappa shape index (κ3) is 2.41. The lowest BCUT2D eigenvalue weighted by atomic mass is 10.0. The van der Waals surface area contributed by atoms with Crippen LogP contribution in [0, 0.1) is 11.3 Å². The van der Waals surface area contributed by atoms with Gasteiger partial charge in [-0.25, -0.2) is 4.98 Å². The predicted molar refractivity (Wildman–Crippen MR) is 53.4 cm³/mol. The Morgan fingerprint density at radius 1 is 1.53 bits per heavy atom. The SMILES string of the molecule is N#Cc1cc(C(O)C(O)CN)cnc1N. The largest absolute Gasteiger partial charge is 0.389 e. The van der Waals surface area contributed by atoms with Gasteiger partial charge >= 0.3 is 0 Å². The Bertz CT molecular complexity index is 388. The standard InChI is InChI=1S/C9H12N4O2/c10-2-5-1-6(4-13-9(5)12)8(15)7(14)3-11/h1,4,7-8,14-15H,3,11H2,(H2,12,13). The second kappa shape index (κ2) is 4.70. The molecule has 0 spiro atoms. The Balaban J connectivity index is 3.02. The van der Waals surface area contributed by atoms with Gasteiger partial charge in [-0.05, 0) is 6.07 Å². The first-order valence-electron chi connectivity index (χ1n) is 4.32. The highest BCUT2D eigenvalue weighted by Crippen LogP contribution is 2.18. The summed E-state index contributed by atoms with van der Waals surface area (Å²) >= 11 is 0. The summed E-state index contributed by atoms with van der Waals surface area (Å²) in [5, 5.41) is 27.6. The van der Waals surface area contributed by atoms with E-state index in [0.29, 0.717) is 5.56 Å². The third-order valence-electron chi connectivity index (χ3n) is 2.01. The molecule has 0 saturated carbocycles. The molecule has 0 aliphatic carbocycles. The Labute approximate surface area is 86.8 Å². The van der Waals surface area contributed by atoms with Crippen LogP contribution in [0.4, 0.5) is 5.82 Å². The first-order chi connectivity index (χ1) is 7.10. The number of anilines is 1. The van der Waals surface area contributed by atoms with Crippen LogP contribution in [0.5, 0.6) is 0 Å². The Hall–Kier alpha value is -1.68. The van der Waals surface area contributed by atoms with Gasteiger partial charge in [0, 0.05) is 18.3 Å². The Kier molecular flexibility index (Phi) is 3.57. The van der Waals surface area contributed by atoms with Gasteiger partial charge in [0.2, 0.25) is 0 Å². The van der Waals surface area contributed by atoms with E-state index >= 15 is 0 Å². The number of nitriles is 1. The molecule has 1 aromatic rings. The van der Waals surface area contributed by atoms with Gasteiger partial charge < -0.3 is 21.7 Å². The van der Waals surface area contributed by atoms with Gasteiger partial charge in [0.1, 0.15) is 18.0 Å². The number of hydrogen-bond donors (Lipinski definition) is 4. The molecule has 0 radical (unpaired) electrons. The van der Waals surface area contributed by atoms with E-state index in [9.17, 15) is 10.2 Å². The van der Waals surface area contributed by atoms with E-state index in [1.54, 1.807) is 0 Å². The smallest absolute Gasteiger partial charge is 0.141 e. The van der Waals surface area contributed by atoms with Gasteiger partial charge in [-0.2, -0.15) is 5.26 Å². The molecule has 0 fully saturated rings. The predicted octanol–water partition coefficient (Wildman–Crippen LogP) is -1.11. The average Bonchev–Trinajstić information content (AvgIpc) is 2.27. The minimum absolute atomic E-state index is 0.0760. The fourth-order valence-electron chi connectivity index (χ4n) is 1.09. The summed E-state index contributed by atoms with van der Waals surface area (Å²) in [5.74, 6) is 0.0932. The van der Waals surface area contributed by atoms with Crippen molar-refractivity contribution >= 4 is 5.82 Å². The topological polar surface area (TPSA) is 129 Å². The minimum atomic E-state index is -1.16. The van der Waals surface area contributed by atoms with E-state index in [0.717, 1.165) is 0 Å². The lowest BCUT2D eigenvalue weighted by Gasteiger charge is -2.16. The zero-order valence-electron chi connectivity index (χ0n) is 7.96. The van der Waals surface area contributed by atoms with Gasteiger partial charge in [0.05, 0.1) is 11.7 Å². The van der Waals surface area contributed by atoms with Gasteiger partial charge in [-0.15, -0.1) is 0 Å². The fourth-order valence-corrected chi connectivity index (χ4v) is 1.09. The molecule has 0 amide bonds. The molecule has 1 aromatic heterocycles. The maximum Gasteiger partial charge on any atom is 0.141 e. The number of aromatic nitrogens is 1. The van der Waals surface area contributed by atoms with Crippen molar-refractivity contribution < 1.29 is 10.2 Å². The van der Waals surface area contributed by atoms with E-state index in [1.807, 2.05) is 6.07 Å². The number of nitrogens with two attached hydrogens (primary N) is 2. The van der Waals surface area contributed by atoms with Crippen molar-refractivity contribution in [2.24, 2.45) is 5.73 Å². The lowest BCUT2D eigenvalue weighted by molar-refractivity contribution is 0.0241. The number of nitrogen functional groups attached to an aromatic ring is 1. The summed E-state index contributed by atoms with van der Waals surface area (Å²) in [4.78, 5) is 3.73. The maximum absolute atomic E-state index is 9.58. The summed E-state index contributed by atoms with van der Waals surface area (Å²) in [7, 11) is 0. The quantitative estimate of drug-likeness (QED) is 0.498. The molecule has 6 heteroatoms. The number of hydrogen-bond acceptors (Lipinski definition) is 6. The van der Waals surface area contributed by atoms with Crippen molar-refractivity contribution in [1.82, 2.24) is 4.98 Å². The summed E-state index contributed by atoms with van der Waals surface area (Å²) < 4.78 is 0. The molecule has 0 aliphatic rings. The summed E-state index contributed by atoms with van der Waals surface area (Å²) in [6, 6.07) is 3.22.